The van der Waals surface area contributed by atoms with E-state index in [9.17, 15) is 4.79 Å². The summed E-state index contributed by atoms with van der Waals surface area (Å²) in [4.78, 5) is 19.2. The van der Waals surface area contributed by atoms with Gasteiger partial charge in [-0.05, 0) is 30.2 Å². The molecule has 1 amide bonds. The van der Waals surface area contributed by atoms with Gasteiger partial charge in [0, 0.05) is 29.1 Å². The van der Waals surface area contributed by atoms with Gasteiger partial charge in [0.25, 0.3) is 0 Å². The number of nitrogens with zero attached hydrogens (tertiary/aromatic N) is 3. The van der Waals surface area contributed by atoms with Crippen molar-refractivity contribution in [2.45, 2.75) is 18.2 Å². The average molecular weight is 386 g/mol. The summed E-state index contributed by atoms with van der Waals surface area (Å²) < 4.78 is 1.93. The first-order valence-corrected chi connectivity index (χ1v) is 10.2. The summed E-state index contributed by atoms with van der Waals surface area (Å²) in [6, 6.07) is 15.9. The Bertz CT molecular complexity index is 926. The quantitative estimate of drug-likeness (QED) is 0.670. The van der Waals surface area contributed by atoms with Gasteiger partial charge in [0.15, 0.2) is 0 Å². The Balaban J connectivity index is 1.44. The fourth-order valence-corrected chi connectivity index (χ4v) is 4.99. The number of para-hydroxylation sites is 2. The molecule has 0 unspecified atom stereocenters. The molecule has 2 aromatic carbocycles. The lowest BCUT2D eigenvalue weighted by Gasteiger charge is -2.21. The lowest BCUT2D eigenvalue weighted by Crippen LogP contribution is -2.35. The summed E-state index contributed by atoms with van der Waals surface area (Å²) in [6.07, 6.45) is 2.67. The summed E-state index contributed by atoms with van der Waals surface area (Å²) in [5, 5.41) is 1.16. The van der Waals surface area contributed by atoms with Crippen molar-refractivity contribution in [2.24, 2.45) is 0 Å². The van der Waals surface area contributed by atoms with Gasteiger partial charge in [-0.3, -0.25) is 4.79 Å². The van der Waals surface area contributed by atoms with Crippen LogP contribution in [-0.2, 0) is 11.3 Å². The lowest BCUT2D eigenvalue weighted by molar-refractivity contribution is -0.131. The molecular weight excluding hydrogens is 366 g/mol. The van der Waals surface area contributed by atoms with E-state index in [4.69, 9.17) is 11.6 Å². The van der Waals surface area contributed by atoms with Gasteiger partial charge in [0.2, 0.25) is 5.91 Å². The van der Waals surface area contributed by atoms with Gasteiger partial charge in [-0.2, -0.15) is 11.8 Å². The molecule has 1 aromatic heterocycles. The van der Waals surface area contributed by atoms with Gasteiger partial charge >= 0.3 is 0 Å². The van der Waals surface area contributed by atoms with Crippen LogP contribution in [0.4, 0.5) is 0 Å². The number of carbonyl (C=O) groups is 1. The highest BCUT2D eigenvalue weighted by Crippen LogP contribution is 2.37. The van der Waals surface area contributed by atoms with Crippen molar-refractivity contribution >= 4 is 40.3 Å². The second-order valence-electron chi connectivity index (χ2n) is 6.41. The van der Waals surface area contributed by atoms with Crippen LogP contribution >= 0.6 is 23.4 Å². The van der Waals surface area contributed by atoms with Gasteiger partial charge in [-0.1, -0.05) is 41.9 Å². The van der Waals surface area contributed by atoms with E-state index in [2.05, 4.69) is 11.1 Å². The van der Waals surface area contributed by atoms with Crippen LogP contribution in [0.5, 0.6) is 0 Å². The number of rotatable bonds is 3. The number of thioether (sulfide) groups is 1. The number of hydrogen-bond acceptors (Lipinski definition) is 3. The standard InChI is InChI=1S/C20H20ClN3OS/c21-16-6-2-1-5-15(16)19-9-10-23(11-12-26-19)20(25)13-24-14-22-17-7-3-4-8-18(17)24/h1-8,14,19H,9-13H2/t19-/m0/s1. The highest BCUT2D eigenvalue weighted by atomic mass is 35.5. The summed E-state index contributed by atoms with van der Waals surface area (Å²) in [6.45, 7) is 1.87. The zero-order valence-electron chi connectivity index (χ0n) is 14.3. The molecule has 26 heavy (non-hydrogen) atoms. The van der Waals surface area contributed by atoms with Crippen molar-refractivity contribution in [3.63, 3.8) is 0 Å². The second kappa shape index (κ2) is 7.72. The number of amides is 1. The minimum atomic E-state index is 0.147. The molecule has 1 aliphatic heterocycles. The molecule has 0 aliphatic carbocycles. The largest absolute Gasteiger partial charge is 0.340 e. The molecule has 0 spiro atoms. The molecule has 0 saturated carbocycles. The van der Waals surface area contributed by atoms with Crippen molar-refractivity contribution in [1.29, 1.82) is 0 Å². The van der Waals surface area contributed by atoms with Crippen molar-refractivity contribution in [1.82, 2.24) is 14.5 Å². The minimum Gasteiger partial charge on any atom is -0.340 e. The highest BCUT2D eigenvalue weighted by Gasteiger charge is 2.23. The van der Waals surface area contributed by atoms with Gasteiger partial charge in [0.05, 0.1) is 17.4 Å². The maximum absolute atomic E-state index is 12.8. The molecule has 134 valence electrons. The van der Waals surface area contributed by atoms with E-state index < -0.39 is 0 Å². The summed E-state index contributed by atoms with van der Waals surface area (Å²) in [5.41, 5.74) is 3.10. The van der Waals surface area contributed by atoms with Crippen molar-refractivity contribution in [3.8, 4) is 0 Å². The molecule has 1 aliphatic rings. The van der Waals surface area contributed by atoms with E-state index in [1.54, 1.807) is 6.33 Å². The average Bonchev–Trinajstić information content (AvgIpc) is 2.90. The molecule has 0 bridgehead atoms. The zero-order valence-corrected chi connectivity index (χ0v) is 15.9. The van der Waals surface area contributed by atoms with Crippen LogP contribution in [0, 0.1) is 0 Å². The predicted octanol–water partition coefficient (Wildman–Crippen LogP) is 4.40. The Morgan fingerprint density at radius 3 is 2.85 bits per heavy atom. The molecule has 0 N–H and O–H groups in total. The molecule has 1 saturated heterocycles. The molecule has 0 radical (unpaired) electrons. The van der Waals surface area contributed by atoms with Gasteiger partial charge in [-0.25, -0.2) is 4.98 Å². The number of hydrogen-bond donors (Lipinski definition) is 0. The summed E-state index contributed by atoms with van der Waals surface area (Å²) >= 11 is 8.24. The maximum Gasteiger partial charge on any atom is 0.242 e. The van der Waals surface area contributed by atoms with Crippen molar-refractivity contribution < 1.29 is 4.79 Å². The Kier molecular flexibility index (Phi) is 5.18. The van der Waals surface area contributed by atoms with Crippen molar-refractivity contribution in [2.75, 3.05) is 18.8 Å². The summed E-state index contributed by atoms with van der Waals surface area (Å²) in [7, 11) is 0. The van der Waals surface area contributed by atoms with E-state index in [1.165, 1.54) is 5.56 Å². The monoisotopic (exact) mass is 385 g/mol. The Labute approximate surface area is 162 Å². The van der Waals surface area contributed by atoms with Crippen LogP contribution in [0.3, 0.4) is 0 Å². The molecule has 2 heterocycles. The third kappa shape index (κ3) is 3.60. The first kappa shape index (κ1) is 17.4. The third-order valence-electron chi connectivity index (χ3n) is 4.78. The van der Waals surface area contributed by atoms with Crippen LogP contribution in [0.15, 0.2) is 54.9 Å². The van der Waals surface area contributed by atoms with E-state index in [0.29, 0.717) is 11.8 Å². The van der Waals surface area contributed by atoms with Crippen LogP contribution in [0.1, 0.15) is 17.2 Å². The van der Waals surface area contributed by atoms with Crippen molar-refractivity contribution in [3.05, 3.63) is 65.4 Å². The van der Waals surface area contributed by atoms with Gasteiger partial charge in [0.1, 0.15) is 6.54 Å². The van der Waals surface area contributed by atoms with E-state index in [0.717, 1.165) is 41.3 Å². The van der Waals surface area contributed by atoms with E-state index >= 15 is 0 Å². The van der Waals surface area contributed by atoms with Crippen LogP contribution in [0.25, 0.3) is 11.0 Å². The Morgan fingerprint density at radius 2 is 1.96 bits per heavy atom. The van der Waals surface area contributed by atoms with Crippen LogP contribution in [-0.4, -0.2) is 39.2 Å². The highest BCUT2D eigenvalue weighted by molar-refractivity contribution is 7.99. The zero-order chi connectivity index (χ0) is 17.9. The first-order valence-electron chi connectivity index (χ1n) is 8.76. The maximum atomic E-state index is 12.8. The fraction of sp³-hybridized carbons (Fsp3) is 0.300. The fourth-order valence-electron chi connectivity index (χ4n) is 3.39. The Hall–Kier alpha value is -1.98. The molecule has 6 heteroatoms. The normalized spacial score (nSPS) is 18.0. The molecule has 3 aromatic rings. The molecule has 1 fully saturated rings. The smallest absolute Gasteiger partial charge is 0.242 e. The molecular formula is C20H20ClN3OS. The second-order valence-corrected chi connectivity index (χ2v) is 8.13. The number of carbonyl (C=O) groups excluding carboxylic acids is 1. The number of imidazole rings is 1. The summed E-state index contributed by atoms with van der Waals surface area (Å²) in [5.74, 6) is 1.07. The number of aromatic nitrogens is 2. The van der Waals surface area contributed by atoms with Gasteiger partial charge in [-0.15, -0.1) is 0 Å². The topological polar surface area (TPSA) is 38.1 Å². The number of benzene rings is 2. The van der Waals surface area contributed by atoms with Crippen LogP contribution < -0.4 is 0 Å². The molecule has 4 rings (SSSR count). The molecule has 4 nitrogen and oxygen atoms in total. The minimum absolute atomic E-state index is 0.147. The molecule has 1 atom stereocenters. The first-order chi connectivity index (χ1) is 12.7. The van der Waals surface area contributed by atoms with Crippen LogP contribution in [0.2, 0.25) is 5.02 Å². The van der Waals surface area contributed by atoms with E-state index in [-0.39, 0.29) is 5.91 Å². The van der Waals surface area contributed by atoms with E-state index in [1.807, 2.05) is 63.7 Å². The lowest BCUT2D eigenvalue weighted by atomic mass is 10.1. The number of halogens is 1. The third-order valence-corrected chi connectivity index (χ3v) is 6.43. The van der Waals surface area contributed by atoms with Gasteiger partial charge < -0.3 is 9.47 Å². The number of fused-ring (bicyclic) bond motifs is 1. The Morgan fingerprint density at radius 1 is 1.15 bits per heavy atom. The SMILES string of the molecule is O=C(Cn1cnc2ccccc21)N1CCS[C@H](c2ccccc2Cl)CC1. The predicted molar refractivity (Wildman–Crippen MR) is 108 cm³/mol.